The molecule has 0 saturated heterocycles. The minimum Gasteiger partial charge on any atom is -0.353 e. The molecule has 0 aliphatic heterocycles. The maximum atomic E-state index is 4.38. The standard InChI is InChI=1S/C24H27N5/c1-25-24(28-22-7-3-4-8-22)27-16-21-6-2-5-9-23(21)20-12-10-19(11-13-20)17-29-15-14-26-18-29/h2-6,9-15,18,22H,7-8,16-17H2,1H3,(H2,25,27,28). The van der Waals surface area contributed by atoms with E-state index in [9.17, 15) is 0 Å². The van der Waals surface area contributed by atoms with Gasteiger partial charge in [-0.05, 0) is 35.1 Å². The Bertz CT molecular complexity index is 963. The predicted octanol–water partition coefficient (Wildman–Crippen LogP) is 3.98. The third-order valence-electron chi connectivity index (χ3n) is 5.23. The molecule has 2 aromatic carbocycles. The molecule has 3 aromatic rings. The molecule has 0 radical (unpaired) electrons. The Balaban J connectivity index is 1.43. The molecular formula is C24H27N5. The van der Waals surface area contributed by atoms with Gasteiger partial charge in [0.2, 0.25) is 0 Å². The molecule has 0 unspecified atom stereocenters. The summed E-state index contributed by atoms with van der Waals surface area (Å²) in [5, 5.41) is 6.96. The van der Waals surface area contributed by atoms with Gasteiger partial charge in [0.25, 0.3) is 0 Å². The van der Waals surface area contributed by atoms with Crippen molar-refractivity contribution in [3.8, 4) is 11.1 Å². The van der Waals surface area contributed by atoms with Crippen LogP contribution in [0.4, 0.5) is 0 Å². The molecule has 0 bridgehead atoms. The van der Waals surface area contributed by atoms with Gasteiger partial charge in [0, 0.05) is 38.6 Å². The predicted molar refractivity (Wildman–Crippen MR) is 119 cm³/mol. The van der Waals surface area contributed by atoms with Crippen LogP contribution in [-0.4, -0.2) is 28.6 Å². The van der Waals surface area contributed by atoms with Crippen molar-refractivity contribution in [1.82, 2.24) is 20.2 Å². The second-order valence-electron chi connectivity index (χ2n) is 7.30. The van der Waals surface area contributed by atoms with Crippen LogP contribution < -0.4 is 10.6 Å². The van der Waals surface area contributed by atoms with E-state index in [0.29, 0.717) is 6.04 Å². The van der Waals surface area contributed by atoms with Gasteiger partial charge in [-0.25, -0.2) is 4.98 Å². The van der Waals surface area contributed by atoms with Crippen LogP contribution in [-0.2, 0) is 13.1 Å². The highest BCUT2D eigenvalue weighted by Gasteiger charge is 2.12. The molecule has 0 amide bonds. The molecular weight excluding hydrogens is 358 g/mol. The van der Waals surface area contributed by atoms with Crippen LogP contribution in [0.1, 0.15) is 24.0 Å². The lowest BCUT2D eigenvalue weighted by Gasteiger charge is -2.18. The molecule has 0 spiro atoms. The van der Waals surface area contributed by atoms with Gasteiger partial charge in [0.1, 0.15) is 0 Å². The van der Waals surface area contributed by atoms with Crippen molar-refractivity contribution < 1.29 is 0 Å². The van der Waals surface area contributed by atoms with E-state index in [2.05, 4.69) is 85.9 Å². The van der Waals surface area contributed by atoms with Gasteiger partial charge in [-0.1, -0.05) is 60.7 Å². The Labute approximate surface area is 172 Å². The fraction of sp³-hybridized carbons (Fsp3) is 0.250. The van der Waals surface area contributed by atoms with Crippen LogP contribution in [0.3, 0.4) is 0 Å². The summed E-state index contributed by atoms with van der Waals surface area (Å²) in [5.41, 5.74) is 4.98. The number of nitrogens with one attached hydrogen (secondary N) is 2. The highest BCUT2D eigenvalue weighted by molar-refractivity contribution is 5.80. The van der Waals surface area contributed by atoms with E-state index in [1.165, 1.54) is 22.3 Å². The second-order valence-corrected chi connectivity index (χ2v) is 7.30. The Morgan fingerprint density at radius 1 is 1.10 bits per heavy atom. The summed E-state index contributed by atoms with van der Waals surface area (Å²) >= 11 is 0. The molecule has 0 saturated carbocycles. The van der Waals surface area contributed by atoms with Crippen LogP contribution in [0.25, 0.3) is 11.1 Å². The van der Waals surface area contributed by atoms with E-state index in [1.54, 1.807) is 0 Å². The van der Waals surface area contributed by atoms with Crippen LogP contribution >= 0.6 is 0 Å². The lowest BCUT2D eigenvalue weighted by molar-refractivity contribution is 0.633. The van der Waals surface area contributed by atoms with Gasteiger partial charge in [-0.15, -0.1) is 0 Å². The van der Waals surface area contributed by atoms with E-state index in [0.717, 1.165) is 31.9 Å². The van der Waals surface area contributed by atoms with Crippen molar-refractivity contribution in [1.29, 1.82) is 0 Å². The summed E-state index contributed by atoms with van der Waals surface area (Å²) in [7, 11) is 1.82. The van der Waals surface area contributed by atoms with Gasteiger partial charge in [-0.2, -0.15) is 0 Å². The van der Waals surface area contributed by atoms with Crippen molar-refractivity contribution in [3.63, 3.8) is 0 Å². The SMILES string of the molecule is CN=C(NCc1ccccc1-c1ccc(Cn2ccnc2)cc1)NC1CC=CC1. The highest BCUT2D eigenvalue weighted by atomic mass is 15.2. The molecule has 148 valence electrons. The first-order valence-corrected chi connectivity index (χ1v) is 10.1. The molecule has 0 fully saturated rings. The third kappa shape index (κ3) is 4.93. The topological polar surface area (TPSA) is 54.2 Å². The number of aliphatic imine (C=N–C) groups is 1. The van der Waals surface area contributed by atoms with Gasteiger partial charge >= 0.3 is 0 Å². The van der Waals surface area contributed by atoms with E-state index in [4.69, 9.17) is 0 Å². The summed E-state index contributed by atoms with van der Waals surface area (Å²) in [6.45, 7) is 1.56. The number of hydrogen-bond acceptors (Lipinski definition) is 2. The van der Waals surface area contributed by atoms with Crippen LogP contribution in [0.5, 0.6) is 0 Å². The fourth-order valence-electron chi connectivity index (χ4n) is 3.64. The average molecular weight is 386 g/mol. The van der Waals surface area contributed by atoms with Crippen molar-refractivity contribution >= 4 is 5.96 Å². The zero-order chi connectivity index (χ0) is 19.9. The van der Waals surface area contributed by atoms with Crippen molar-refractivity contribution in [2.24, 2.45) is 4.99 Å². The number of hydrogen-bond donors (Lipinski definition) is 2. The number of nitrogens with zero attached hydrogens (tertiary/aromatic N) is 3. The molecule has 1 aliphatic rings. The smallest absolute Gasteiger partial charge is 0.191 e. The Hall–Kier alpha value is -3.34. The molecule has 5 heteroatoms. The van der Waals surface area contributed by atoms with Gasteiger partial charge in [0.05, 0.1) is 6.33 Å². The summed E-state index contributed by atoms with van der Waals surface area (Å²) in [6, 6.07) is 17.7. The van der Waals surface area contributed by atoms with Gasteiger partial charge in [0.15, 0.2) is 5.96 Å². The minimum atomic E-state index is 0.444. The van der Waals surface area contributed by atoms with Crippen molar-refractivity contribution in [2.45, 2.75) is 32.0 Å². The average Bonchev–Trinajstić information content (AvgIpc) is 3.46. The summed E-state index contributed by atoms with van der Waals surface area (Å²) in [5.74, 6) is 0.851. The molecule has 5 nitrogen and oxygen atoms in total. The van der Waals surface area contributed by atoms with Gasteiger partial charge < -0.3 is 15.2 Å². The number of rotatable bonds is 6. The van der Waals surface area contributed by atoms with Gasteiger partial charge in [-0.3, -0.25) is 4.99 Å². The van der Waals surface area contributed by atoms with E-state index >= 15 is 0 Å². The monoisotopic (exact) mass is 385 g/mol. The molecule has 1 aromatic heterocycles. The van der Waals surface area contributed by atoms with Crippen LogP contribution in [0.15, 0.2) is 84.4 Å². The first-order valence-electron chi connectivity index (χ1n) is 10.1. The normalized spacial score (nSPS) is 14.3. The molecule has 29 heavy (non-hydrogen) atoms. The summed E-state index contributed by atoms with van der Waals surface area (Å²) in [6.07, 6.45) is 12.2. The highest BCUT2D eigenvalue weighted by Crippen LogP contribution is 2.24. The number of benzene rings is 2. The van der Waals surface area contributed by atoms with Crippen LogP contribution in [0, 0.1) is 0 Å². The van der Waals surface area contributed by atoms with E-state index in [1.807, 2.05) is 25.8 Å². The number of aromatic nitrogens is 2. The lowest BCUT2D eigenvalue weighted by Crippen LogP contribution is -2.42. The zero-order valence-electron chi connectivity index (χ0n) is 16.8. The second kappa shape index (κ2) is 9.24. The van der Waals surface area contributed by atoms with E-state index < -0.39 is 0 Å². The summed E-state index contributed by atoms with van der Waals surface area (Å²) in [4.78, 5) is 8.48. The zero-order valence-corrected chi connectivity index (χ0v) is 16.8. The first-order chi connectivity index (χ1) is 14.3. The molecule has 1 heterocycles. The molecule has 4 rings (SSSR count). The number of guanidine groups is 1. The Morgan fingerprint density at radius 3 is 2.62 bits per heavy atom. The largest absolute Gasteiger partial charge is 0.353 e. The maximum Gasteiger partial charge on any atom is 0.191 e. The Morgan fingerprint density at radius 2 is 1.90 bits per heavy atom. The molecule has 1 aliphatic carbocycles. The van der Waals surface area contributed by atoms with Crippen molar-refractivity contribution in [2.75, 3.05) is 7.05 Å². The van der Waals surface area contributed by atoms with Crippen molar-refractivity contribution in [3.05, 3.63) is 90.5 Å². The lowest BCUT2D eigenvalue weighted by atomic mass is 9.98. The molecule has 0 atom stereocenters. The quantitative estimate of drug-likeness (QED) is 0.383. The third-order valence-corrected chi connectivity index (χ3v) is 5.23. The van der Waals surface area contributed by atoms with E-state index in [-0.39, 0.29) is 0 Å². The maximum absolute atomic E-state index is 4.38. The molecule has 2 N–H and O–H groups in total. The summed E-state index contributed by atoms with van der Waals surface area (Å²) < 4.78 is 2.07. The van der Waals surface area contributed by atoms with Crippen LogP contribution in [0.2, 0.25) is 0 Å². The fourth-order valence-corrected chi connectivity index (χ4v) is 3.64. The minimum absolute atomic E-state index is 0.444. The Kier molecular flexibility index (Phi) is 6.05. The first kappa shape index (κ1) is 19.0. The number of imidazole rings is 1.